The van der Waals surface area contributed by atoms with Gasteiger partial charge in [0.25, 0.3) is 5.69 Å². The summed E-state index contributed by atoms with van der Waals surface area (Å²) in [5.74, 6) is -0.291. The highest BCUT2D eigenvalue weighted by Gasteiger charge is 2.05. The molecule has 0 fully saturated rings. The molecule has 0 N–H and O–H groups in total. The van der Waals surface area contributed by atoms with Crippen molar-refractivity contribution in [3.8, 4) is 5.75 Å². The van der Waals surface area contributed by atoms with Crippen LogP contribution in [0.5, 0.6) is 5.75 Å². The van der Waals surface area contributed by atoms with Gasteiger partial charge in [-0.3, -0.25) is 15.1 Å². The predicted octanol–water partition coefficient (Wildman–Crippen LogP) is 3.33. The van der Waals surface area contributed by atoms with Gasteiger partial charge in [-0.25, -0.2) is 0 Å². The monoisotopic (exact) mass is 381 g/mol. The lowest BCUT2D eigenvalue weighted by Crippen LogP contribution is -1.98. The minimum absolute atomic E-state index is 0.121. The second-order valence-corrected chi connectivity index (χ2v) is 5.33. The Morgan fingerprint density at radius 1 is 1.25 bits per heavy atom. The van der Waals surface area contributed by atoms with Crippen molar-refractivity contribution in [1.29, 1.82) is 0 Å². The fourth-order valence-corrected chi connectivity index (χ4v) is 2.06. The van der Waals surface area contributed by atoms with Gasteiger partial charge in [-0.1, -0.05) is 17.9 Å². The fraction of sp³-hybridized carbons (Fsp3) is 0.0714. The first kappa shape index (κ1) is 14.4. The van der Waals surface area contributed by atoms with Gasteiger partial charge in [-0.2, -0.15) is 0 Å². The zero-order valence-corrected chi connectivity index (χ0v) is 12.7. The maximum absolute atomic E-state index is 11.6. The van der Waals surface area contributed by atoms with E-state index in [2.05, 4.69) is 27.6 Å². The van der Waals surface area contributed by atoms with Crippen LogP contribution in [0.1, 0.15) is 11.1 Å². The summed E-state index contributed by atoms with van der Waals surface area (Å²) >= 11 is 2.20. The van der Waals surface area contributed by atoms with Gasteiger partial charge in [0, 0.05) is 21.9 Å². The molecule has 0 saturated carbocycles. The largest absolute Gasteiger partial charge is 0.872 e. The third-order valence-corrected chi connectivity index (χ3v) is 3.87. The van der Waals surface area contributed by atoms with Crippen LogP contribution in [0.15, 0.2) is 41.4 Å². The SMILES string of the molecule is Cc1ccc(N=Cc2cc([N+](=O)[O-])ccc2[O-])cc1I. The average molecular weight is 381 g/mol. The van der Waals surface area contributed by atoms with Crippen molar-refractivity contribution >= 4 is 40.2 Å². The van der Waals surface area contributed by atoms with Gasteiger partial charge in [-0.15, -0.1) is 0 Å². The molecule has 0 bridgehead atoms. The van der Waals surface area contributed by atoms with Crippen LogP contribution < -0.4 is 5.11 Å². The molecule has 6 heteroatoms. The Hall–Kier alpha value is -1.96. The zero-order valence-electron chi connectivity index (χ0n) is 10.5. The molecule has 0 spiro atoms. The number of nitrogens with zero attached hydrogens (tertiary/aromatic N) is 2. The zero-order chi connectivity index (χ0) is 14.7. The van der Waals surface area contributed by atoms with Gasteiger partial charge < -0.3 is 5.11 Å². The predicted molar refractivity (Wildman–Crippen MR) is 83.7 cm³/mol. The Labute approximate surface area is 129 Å². The van der Waals surface area contributed by atoms with E-state index in [0.717, 1.165) is 9.13 Å². The van der Waals surface area contributed by atoms with Gasteiger partial charge in [0.15, 0.2) is 0 Å². The Balaban J connectivity index is 2.33. The minimum Gasteiger partial charge on any atom is -0.872 e. The van der Waals surface area contributed by atoms with E-state index in [1.54, 1.807) is 0 Å². The molecular formula is C14H10IN2O3-. The number of non-ortho nitro benzene ring substituents is 1. The lowest BCUT2D eigenvalue weighted by Gasteiger charge is -2.08. The summed E-state index contributed by atoms with van der Waals surface area (Å²) in [6, 6.07) is 9.24. The Morgan fingerprint density at radius 3 is 2.65 bits per heavy atom. The molecule has 20 heavy (non-hydrogen) atoms. The Bertz CT molecular complexity index is 699. The first-order valence-corrected chi connectivity index (χ1v) is 6.81. The van der Waals surface area contributed by atoms with Crippen molar-refractivity contribution in [3.05, 3.63) is 61.2 Å². The molecule has 0 saturated heterocycles. The standard InChI is InChI=1S/C14H11IN2O3/c1-9-2-3-11(7-13(9)15)16-8-10-6-12(17(19)20)4-5-14(10)18/h2-8,18H,1H3/p-1. The molecule has 0 aliphatic carbocycles. The van der Waals surface area contributed by atoms with E-state index in [1.165, 1.54) is 24.4 Å². The highest BCUT2D eigenvalue weighted by Crippen LogP contribution is 2.22. The second-order valence-electron chi connectivity index (χ2n) is 4.17. The van der Waals surface area contributed by atoms with E-state index in [-0.39, 0.29) is 17.0 Å². The van der Waals surface area contributed by atoms with E-state index < -0.39 is 4.92 Å². The number of rotatable bonds is 3. The molecule has 0 atom stereocenters. The van der Waals surface area contributed by atoms with E-state index in [4.69, 9.17) is 0 Å². The number of hydrogen-bond acceptors (Lipinski definition) is 4. The normalized spacial score (nSPS) is 10.9. The molecule has 2 rings (SSSR count). The number of nitro groups is 1. The molecule has 102 valence electrons. The van der Waals surface area contributed by atoms with E-state index in [0.29, 0.717) is 5.69 Å². The number of nitro benzene ring substituents is 1. The topological polar surface area (TPSA) is 78.6 Å². The number of halogens is 1. The third-order valence-electron chi connectivity index (χ3n) is 2.71. The van der Waals surface area contributed by atoms with Gasteiger partial charge >= 0.3 is 0 Å². The van der Waals surface area contributed by atoms with E-state index in [9.17, 15) is 15.2 Å². The fourth-order valence-electron chi connectivity index (χ4n) is 1.56. The van der Waals surface area contributed by atoms with Crippen LogP contribution in [-0.2, 0) is 0 Å². The summed E-state index contributed by atoms with van der Waals surface area (Å²) in [7, 11) is 0. The number of benzene rings is 2. The quantitative estimate of drug-likeness (QED) is 0.354. The van der Waals surface area contributed by atoms with Crippen molar-refractivity contribution in [2.45, 2.75) is 6.92 Å². The highest BCUT2D eigenvalue weighted by molar-refractivity contribution is 14.1. The first-order valence-electron chi connectivity index (χ1n) is 5.73. The van der Waals surface area contributed by atoms with Crippen LogP contribution in [-0.4, -0.2) is 11.1 Å². The van der Waals surface area contributed by atoms with E-state index >= 15 is 0 Å². The maximum Gasteiger partial charge on any atom is 0.270 e. The van der Waals surface area contributed by atoms with Crippen LogP contribution in [0.2, 0.25) is 0 Å². The van der Waals surface area contributed by atoms with Crippen LogP contribution >= 0.6 is 22.6 Å². The minimum atomic E-state index is -0.536. The van der Waals surface area contributed by atoms with Crippen molar-refractivity contribution in [2.75, 3.05) is 0 Å². The summed E-state index contributed by atoms with van der Waals surface area (Å²) in [5, 5.41) is 22.3. The average Bonchev–Trinajstić information content (AvgIpc) is 2.41. The molecule has 2 aromatic carbocycles. The summed E-state index contributed by atoms with van der Waals surface area (Å²) in [6.07, 6.45) is 1.36. The van der Waals surface area contributed by atoms with Crippen molar-refractivity contribution < 1.29 is 10.0 Å². The summed E-state index contributed by atoms with van der Waals surface area (Å²) in [6.45, 7) is 1.99. The smallest absolute Gasteiger partial charge is 0.270 e. The lowest BCUT2D eigenvalue weighted by molar-refractivity contribution is -0.385. The van der Waals surface area contributed by atoms with Crippen LogP contribution in [0.3, 0.4) is 0 Å². The maximum atomic E-state index is 11.6. The van der Waals surface area contributed by atoms with Crippen LogP contribution in [0.4, 0.5) is 11.4 Å². The molecule has 0 aromatic heterocycles. The summed E-state index contributed by atoms with van der Waals surface area (Å²) < 4.78 is 1.07. The Kier molecular flexibility index (Phi) is 4.33. The molecule has 0 amide bonds. The molecule has 2 aromatic rings. The lowest BCUT2D eigenvalue weighted by atomic mass is 10.2. The molecule has 0 heterocycles. The van der Waals surface area contributed by atoms with Crippen molar-refractivity contribution in [3.63, 3.8) is 0 Å². The van der Waals surface area contributed by atoms with Gasteiger partial charge in [-0.05, 0) is 52.8 Å². The number of hydrogen-bond donors (Lipinski definition) is 0. The number of aliphatic imine (C=N–C) groups is 1. The van der Waals surface area contributed by atoms with Crippen molar-refractivity contribution in [1.82, 2.24) is 0 Å². The van der Waals surface area contributed by atoms with Crippen LogP contribution in [0, 0.1) is 20.6 Å². The molecular weight excluding hydrogens is 371 g/mol. The summed E-state index contributed by atoms with van der Waals surface area (Å²) in [5.41, 5.74) is 1.93. The van der Waals surface area contributed by atoms with Gasteiger partial charge in [0.2, 0.25) is 0 Å². The first-order chi connectivity index (χ1) is 9.47. The highest BCUT2D eigenvalue weighted by atomic mass is 127. The molecule has 0 radical (unpaired) electrons. The Morgan fingerprint density at radius 2 is 2.00 bits per heavy atom. The number of aryl methyl sites for hydroxylation is 1. The van der Waals surface area contributed by atoms with Crippen molar-refractivity contribution in [2.24, 2.45) is 4.99 Å². The molecule has 5 nitrogen and oxygen atoms in total. The summed E-state index contributed by atoms with van der Waals surface area (Å²) in [4.78, 5) is 14.3. The van der Waals surface area contributed by atoms with Gasteiger partial charge in [0.05, 0.1) is 10.6 Å². The molecule has 0 aliphatic rings. The van der Waals surface area contributed by atoms with Crippen LogP contribution in [0.25, 0.3) is 0 Å². The third kappa shape index (κ3) is 3.32. The second kappa shape index (κ2) is 6.00. The van der Waals surface area contributed by atoms with E-state index in [1.807, 2.05) is 25.1 Å². The molecule has 0 aliphatic heterocycles. The molecule has 0 unspecified atom stereocenters. The van der Waals surface area contributed by atoms with Gasteiger partial charge in [0.1, 0.15) is 0 Å².